The lowest BCUT2D eigenvalue weighted by Crippen LogP contribution is -2.53. The van der Waals surface area contributed by atoms with E-state index < -0.39 is 0 Å². The zero-order valence-electron chi connectivity index (χ0n) is 8.52. The molecule has 0 bridgehead atoms. The highest BCUT2D eigenvalue weighted by molar-refractivity contribution is 4.99. The quantitative estimate of drug-likeness (QED) is 0.681. The van der Waals surface area contributed by atoms with E-state index in [0.717, 1.165) is 12.5 Å². The van der Waals surface area contributed by atoms with Crippen molar-refractivity contribution in [2.24, 2.45) is 11.7 Å². The van der Waals surface area contributed by atoms with Gasteiger partial charge < -0.3 is 11.1 Å². The van der Waals surface area contributed by atoms with Crippen molar-refractivity contribution < 1.29 is 0 Å². The molecule has 2 aliphatic rings. The molecule has 0 aromatic rings. The molecule has 1 atom stereocenters. The molecule has 1 saturated heterocycles. The molecule has 76 valence electrons. The summed E-state index contributed by atoms with van der Waals surface area (Å²) in [5.74, 6) is 0.869. The third-order valence-corrected chi connectivity index (χ3v) is 4.03. The summed E-state index contributed by atoms with van der Waals surface area (Å²) >= 11 is 0. The molecule has 0 aromatic carbocycles. The zero-order valence-corrected chi connectivity index (χ0v) is 8.52. The van der Waals surface area contributed by atoms with Gasteiger partial charge >= 0.3 is 0 Å². The highest BCUT2D eigenvalue weighted by Crippen LogP contribution is 2.36. The Labute approximate surface area is 81.3 Å². The van der Waals surface area contributed by atoms with E-state index in [2.05, 4.69) is 5.32 Å². The predicted octanol–water partition coefficient (Wildman–Crippen LogP) is 1.65. The van der Waals surface area contributed by atoms with Crippen LogP contribution in [0.5, 0.6) is 0 Å². The first kappa shape index (κ1) is 9.47. The lowest BCUT2D eigenvalue weighted by Gasteiger charge is -2.39. The summed E-state index contributed by atoms with van der Waals surface area (Å²) in [6, 6.07) is 0. The monoisotopic (exact) mass is 182 g/mol. The van der Waals surface area contributed by atoms with Gasteiger partial charge in [-0.15, -0.1) is 0 Å². The average Bonchev–Trinajstić information content (AvgIpc) is 2.69. The standard InChI is InChI=1S/C11H22N2/c12-9-11(7-4-8-13-11)10-5-2-1-3-6-10/h10,13H,1-9,12H2. The summed E-state index contributed by atoms with van der Waals surface area (Å²) in [6.07, 6.45) is 9.75. The fourth-order valence-corrected chi connectivity index (χ4v) is 3.17. The minimum absolute atomic E-state index is 0.334. The fraction of sp³-hybridized carbons (Fsp3) is 1.00. The van der Waals surface area contributed by atoms with Crippen molar-refractivity contribution >= 4 is 0 Å². The van der Waals surface area contributed by atoms with Crippen molar-refractivity contribution in [2.45, 2.75) is 50.5 Å². The molecule has 1 aliphatic heterocycles. The van der Waals surface area contributed by atoms with Crippen molar-refractivity contribution in [1.29, 1.82) is 0 Å². The highest BCUT2D eigenvalue weighted by Gasteiger charge is 2.39. The van der Waals surface area contributed by atoms with Crippen molar-refractivity contribution in [3.63, 3.8) is 0 Å². The summed E-state index contributed by atoms with van der Waals surface area (Å²) in [7, 11) is 0. The van der Waals surface area contributed by atoms with Gasteiger partial charge in [-0.1, -0.05) is 19.3 Å². The Hall–Kier alpha value is -0.0800. The van der Waals surface area contributed by atoms with Crippen molar-refractivity contribution in [3.8, 4) is 0 Å². The van der Waals surface area contributed by atoms with Gasteiger partial charge in [0, 0.05) is 12.1 Å². The minimum Gasteiger partial charge on any atom is -0.329 e. The first-order valence-electron chi connectivity index (χ1n) is 5.82. The lowest BCUT2D eigenvalue weighted by molar-refractivity contribution is 0.188. The Kier molecular flexibility index (Phi) is 2.89. The van der Waals surface area contributed by atoms with E-state index >= 15 is 0 Å². The van der Waals surface area contributed by atoms with Crippen LogP contribution in [0.2, 0.25) is 0 Å². The van der Waals surface area contributed by atoms with Gasteiger partial charge in [-0.3, -0.25) is 0 Å². The smallest absolute Gasteiger partial charge is 0.0332 e. The normalized spacial score (nSPS) is 36.7. The summed E-state index contributed by atoms with van der Waals surface area (Å²) in [5, 5.41) is 3.66. The van der Waals surface area contributed by atoms with Gasteiger partial charge in [0.05, 0.1) is 0 Å². The number of rotatable bonds is 2. The van der Waals surface area contributed by atoms with Crippen LogP contribution in [0.4, 0.5) is 0 Å². The number of nitrogens with one attached hydrogen (secondary N) is 1. The molecule has 0 spiro atoms. The molecule has 3 N–H and O–H groups in total. The summed E-state index contributed by atoms with van der Waals surface area (Å²) in [6.45, 7) is 2.03. The third-order valence-electron chi connectivity index (χ3n) is 4.03. The predicted molar refractivity (Wildman–Crippen MR) is 55.6 cm³/mol. The average molecular weight is 182 g/mol. The van der Waals surface area contributed by atoms with Crippen LogP contribution in [0, 0.1) is 5.92 Å². The Morgan fingerprint density at radius 2 is 1.92 bits per heavy atom. The zero-order chi connectivity index (χ0) is 9.15. The summed E-state index contributed by atoms with van der Waals surface area (Å²) in [4.78, 5) is 0. The van der Waals surface area contributed by atoms with E-state index in [-0.39, 0.29) is 0 Å². The maximum absolute atomic E-state index is 5.94. The van der Waals surface area contributed by atoms with E-state index in [4.69, 9.17) is 5.73 Å². The number of hydrogen-bond acceptors (Lipinski definition) is 2. The Bertz CT molecular complexity index is 155. The molecule has 0 amide bonds. The molecule has 2 fully saturated rings. The van der Waals surface area contributed by atoms with Crippen molar-refractivity contribution in [2.75, 3.05) is 13.1 Å². The molecule has 1 aliphatic carbocycles. The molecule has 0 aromatic heterocycles. The number of hydrogen-bond donors (Lipinski definition) is 2. The summed E-state index contributed by atoms with van der Waals surface area (Å²) < 4.78 is 0. The van der Waals surface area contributed by atoms with Crippen LogP contribution in [-0.4, -0.2) is 18.6 Å². The van der Waals surface area contributed by atoms with Crippen LogP contribution in [0.25, 0.3) is 0 Å². The summed E-state index contributed by atoms with van der Waals surface area (Å²) in [5.41, 5.74) is 6.27. The van der Waals surface area contributed by atoms with Crippen LogP contribution in [-0.2, 0) is 0 Å². The highest BCUT2D eigenvalue weighted by atomic mass is 15.0. The van der Waals surface area contributed by atoms with Gasteiger partial charge in [0.1, 0.15) is 0 Å². The minimum atomic E-state index is 0.334. The molecule has 1 heterocycles. The molecule has 2 heteroatoms. The second-order valence-electron chi connectivity index (χ2n) is 4.73. The van der Waals surface area contributed by atoms with E-state index in [1.54, 1.807) is 0 Å². The van der Waals surface area contributed by atoms with Gasteiger partial charge in [0.25, 0.3) is 0 Å². The topological polar surface area (TPSA) is 38.0 Å². The molecule has 13 heavy (non-hydrogen) atoms. The first-order chi connectivity index (χ1) is 6.37. The molecular formula is C11H22N2. The molecule has 0 radical (unpaired) electrons. The lowest BCUT2D eigenvalue weighted by atomic mass is 9.74. The van der Waals surface area contributed by atoms with Crippen LogP contribution in [0.3, 0.4) is 0 Å². The third kappa shape index (κ3) is 1.75. The van der Waals surface area contributed by atoms with Gasteiger partial charge in [-0.2, -0.15) is 0 Å². The van der Waals surface area contributed by atoms with E-state index in [0.29, 0.717) is 5.54 Å². The van der Waals surface area contributed by atoms with Gasteiger partial charge in [0.2, 0.25) is 0 Å². The van der Waals surface area contributed by atoms with E-state index in [9.17, 15) is 0 Å². The molecule has 1 unspecified atom stereocenters. The SMILES string of the molecule is NCC1(C2CCCCC2)CCCN1. The second kappa shape index (κ2) is 3.97. The van der Waals surface area contributed by atoms with Crippen LogP contribution in [0.1, 0.15) is 44.9 Å². The van der Waals surface area contributed by atoms with E-state index in [1.807, 2.05) is 0 Å². The number of nitrogens with two attached hydrogens (primary N) is 1. The Balaban J connectivity index is 2.01. The van der Waals surface area contributed by atoms with Crippen LogP contribution >= 0.6 is 0 Å². The van der Waals surface area contributed by atoms with Crippen LogP contribution in [0.15, 0.2) is 0 Å². The molecule has 2 rings (SSSR count). The van der Waals surface area contributed by atoms with E-state index in [1.165, 1.54) is 51.5 Å². The van der Waals surface area contributed by atoms with Crippen LogP contribution < -0.4 is 11.1 Å². The fourth-order valence-electron chi connectivity index (χ4n) is 3.17. The molecular weight excluding hydrogens is 160 g/mol. The maximum atomic E-state index is 5.94. The Morgan fingerprint density at radius 1 is 1.15 bits per heavy atom. The molecule has 2 nitrogen and oxygen atoms in total. The maximum Gasteiger partial charge on any atom is 0.0332 e. The molecule has 1 saturated carbocycles. The van der Waals surface area contributed by atoms with Crippen molar-refractivity contribution in [1.82, 2.24) is 5.32 Å². The van der Waals surface area contributed by atoms with Gasteiger partial charge in [0.15, 0.2) is 0 Å². The van der Waals surface area contributed by atoms with Crippen molar-refractivity contribution in [3.05, 3.63) is 0 Å². The Morgan fingerprint density at radius 3 is 2.46 bits per heavy atom. The van der Waals surface area contributed by atoms with Gasteiger partial charge in [-0.25, -0.2) is 0 Å². The largest absolute Gasteiger partial charge is 0.329 e. The first-order valence-corrected chi connectivity index (χ1v) is 5.82. The van der Waals surface area contributed by atoms with Gasteiger partial charge in [-0.05, 0) is 38.1 Å². The second-order valence-corrected chi connectivity index (χ2v) is 4.73.